The number of piperazine rings is 1. The summed E-state index contributed by atoms with van der Waals surface area (Å²) in [6, 6.07) is 0.427. The highest BCUT2D eigenvalue weighted by molar-refractivity contribution is 5.85. The Morgan fingerprint density at radius 2 is 1.91 bits per heavy atom. The first-order valence-corrected chi connectivity index (χ1v) is 8.12. The van der Waals surface area contributed by atoms with Crippen LogP contribution in [0.3, 0.4) is 0 Å². The Morgan fingerprint density at radius 1 is 1.14 bits per heavy atom. The van der Waals surface area contributed by atoms with Crippen LogP contribution in [0.25, 0.3) is 0 Å². The lowest BCUT2D eigenvalue weighted by Gasteiger charge is -2.36. The lowest BCUT2D eigenvalue weighted by Crippen LogP contribution is -2.50. The standard InChI is InChI=1S/C15H27N3O2.2ClH/c19-15(10-14-2-1-4-16-14)18-7-5-17(6-8-18)11-13-3-9-20-12-13;;/h13-14,16H,1-12H2;2*1H. The van der Waals surface area contributed by atoms with Crippen LogP contribution >= 0.6 is 24.8 Å². The SMILES string of the molecule is Cl.Cl.O=C(CC1CCCN1)N1CCN(CC2CCOC2)CC1. The maximum Gasteiger partial charge on any atom is 0.224 e. The van der Waals surface area contributed by atoms with Gasteiger partial charge in [0, 0.05) is 51.8 Å². The van der Waals surface area contributed by atoms with Crippen LogP contribution in [0, 0.1) is 5.92 Å². The van der Waals surface area contributed by atoms with Gasteiger partial charge in [0.25, 0.3) is 0 Å². The second-order valence-corrected chi connectivity index (χ2v) is 6.41. The first-order chi connectivity index (χ1) is 9.81. The fourth-order valence-corrected chi connectivity index (χ4v) is 3.54. The molecule has 3 rings (SSSR count). The largest absolute Gasteiger partial charge is 0.381 e. The number of ether oxygens (including phenoxy) is 1. The molecule has 0 radical (unpaired) electrons. The van der Waals surface area contributed by atoms with Crippen LogP contribution in [0.1, 0.15) is 25.7 Å². The molecule has 7 heteroatoms. The quantitative estimate of drug-likeness (QED) is 0.823. The summed E-state index contributed by atoms with van der Waals surface area (Å²) in [7, 11) is 0. The van der Waals surface area contributed by atoms with Crippen molar-refractivity contribution in [2.75, 3.05) is 52.5 Å². The molecule has 1 amide bonds. The van der Waals surface area contributed by atoms with E-state index >= 15 is 0 Å². The van der Waals surface area contributed by atoms with E-state index in [1.165, 1.54) is 12.8 Å². The van der Waals surface area contributed by atoms with E-state index in [9.17, 15) is 4.79 Å². The van der Waals surface area contributed by atoms with Gasteiger partial charge in [0.2, 0.25) is 5.91 Å². The summed E-state index contributed by atoms with van der Waals surface area (Å²) in [5.74, 6) is 1.05. The zero-order valence-electron chi connectivity index (χ0n) is 13.2. The molecule has 3 aliphatic heterocycles. The van der Waals surface area contributed by atoms with Crippen molar-refractivity contribution < 1.29 is 9.53 Å². The van der Waals surface area contributed by atoms with Gasteiger partial charge in [-0.05, 0) is 31.7 Å². The van der Waals surface area contributed by atoms with Crippen molar-refractivity contribution in [3.05, 3.63) is 0 Å². The van der Waals surface area contributed by atoms with Gasteiger partial charge in [-0.3, -0.25) is 9.69 Å². The summed E-state index contributed by atoms with van der Waals surface area (Å²) < 4.78 is 5.43. The van der Waals surface area contributed by atoms with E-state index in [0.29, 0.717) is 24.3 Å². The third-order valence-electron chi connectivity index (χ3n) is 4.85. The Morgan fingerprint density at radius 3 is 2.50 bits per heavy atom. The Kier molecular flexibility index (Phi) is 9.02. The summed E-state index contributed by atoms with van der Waals surface area (Å²) in [4.78, 5) is 16.8. The molecule has 2 atom stereocenters. The first-order valence-electron chi connectivity index (χ1n) is 8.12. The van der Waals surface area contributed by atoms with E-state index in [-0.39, 0.29) is 24.8 Å². The number of nitrogens with one attached hydrogen (secondary N) is 1. The fourth-order valence-electron chi connectivity index (χ4n) is 3.54. The Labute approximate surface area is 145 Å². The summed E-state index contributed by atoms with van der Waals surface area (Å²) in [5.41, 5.74) is 0. The van der Waals surface area contributed by atoms with Gasteiger partial charge in [-0.1, -0.05) is 0 Å². The lowest BCUT2D eigenvalue weighted by molar-refractivity contribution is -0.133. The lowest BCUT2D eigenvalue weighted by atomic mass is 10.1. The monoisotopic (exact) mass is 353 g/mol. The second kappa shape index (κ2) is 9.93. The van der Waals surface area contributed by atoms with E-state index in [2.05, 4.69) is 15.1 Å². The average molecular weight is 354 g/mol. The number of hydrogen-bond donors (Lipinski definition) is 1. The molecule has 0 saturated carbocycles. The van der Waals surface area contributed by atoms with Crippen molar-refractivity contribution in [1.82, 2.24) is 15.1 Å². The topological polar surface area (TPSA) is 44.8 Å². The van der Waals surface area contributed by atoms with E-state index < -0.39 is 0 Å². The van der Waals surface area contributed by atoms with Crippen molar-refractivity contribution in [2.45, 2.75) is 31.7 Å². The highest BCUT2D eigenvalue weighted by atomic mass is 35.5. The van der Waals surface area contributed by atoms with Crippen LogP contribution in [0.5, 0.6) is 0 Å². The molecule has 3 aliphatic rings. The molecule has 3 saturated heterocycles. The maximum absolute atomic E-state index is 12.3. The number of halogens is 2. The molecular weight excluding hydrogens is 325 g/mol. The van der Waals surface area contributed by atoms with Gasteiger partial charge in [0.15, 0.2) is 0 Å². The molecule has 5 nitrogen and oxygen atoms in total. The smallest absolute Gasteiger partial charge is 0.224 e. The maximum atomic E-state index is 12.3. The summed E-state index contributed by atoms with van der Waals surface area (Å²) in [5, 5.41) is 3.41. The van der Waals surface area contributed by atoms with E-state index in [1.807, 2.05) is 0 Å². The summed E-state index contributed by atoms with van der Waals surface area (Å²) in [6.45, 7) is 7.93. The minimum absolute atomic E-state index is 0. The van der Waals surface area contributed by atoms with Crippen molar-refractivity contribution in [1.29, 1.82) is 0 Å². The molecule has 1 N–H and O–H groups in total. The first kappa shape index (κ1) is 20.0. The van der Waals surface area contributed by atoms with Crippen LogP contribution < -0.4 is 5.32 Å². The van der Waals surface area contributed by atoms with Crippen LogP contribution in [0.15, 0.2) is 0 Å². The molecule has 0 aliphatic carbocycles. The molecule has 3 fully saturated rings. The third-order valence-corrected chi connectivity index (χ3v) is 4.85. The van der Waals surface area contributed by atoms with Gasteiger partial charge in [-0.25, -0.2) is 0 Å². The van der Waals surface area contributed by atoms with Gasteiger partial charge in [0.05, 0.1) is 6.61 Å². The molecule has 0 aromatic rings. The zero-order chi connectivity index (χ0) is 13.8. The Balaban J connectivity index is 0.00000121. The second-order valence-electron chi connectivity index (χ2n) is 6.41. The Bertz CT molecular complexity index is 327. The van der Waals surface area contributed by atoms with E-state index in [0.717, 1.165) is 58.9 Å². The van der Waals surface area contributed by atoms with Gasteiger partial charge in [0.1, 0.15) is 0 Å². The molecule has 22 heavy (non-hydrogen) atoms. The normalized spacial score (nSPS) is 29.0. The van der Waals surface area contributed by atoms with Crippen LogP contribution in [-0.2, 0) is 9.53 Å². The van der Waals surface area contributed by atoms with E-state index in [1.54, 1.807) is 0 Å². The van der Waals surface area contributed by atoms with Gasteiger partial charge < -0.3 is 15.0 Å². The zero-order valence-corrected chi connectivity index (χ0v) is 14.8. The van der Waals surface area contributed by atoms with E-state index in [4.69, 9.17) is 4.74 Å². The number of carbonyl (C=O) groups is 1. The fraction of sp³-hybridized carbons (Fsp3) is 0.933. The molecule has 0 bridgehead atoms. The highest BCUT2D eigenvalue weighted by Crippen LogP contribution is 2.16. The minimum atomic E-state index is 0. The van der Waals surface area contributed by atoms with Gasteiger partial charge >= 0.3 is 0 Å². The Hall–Kier alpha value is -0.0700. The number of nitrogens with zero attached hydrogens (tertiary/aromatic N) is 2. The van der Waals surface area contributed by atoms with Crippen molar-refractivity contribution in [3.8, 4) is 0 Å². The number of carbonyl (C=O) groups excluding carboxylic acids is 1. The number of rotatable bonds is 4. The predicted molar refractivity (Wildman–Crippen MR) is 92.1 cm³/mol. The molecule has 0 aromatic carbocycles. The van der Waals surface area contributed by atoms with Crippen LogP contribution in [0.2, 0.25) is 0 Å². The number of amides is 1. The van der Waals surface area contributed by atoms with Gasteiger partial charge in [-0.15, -0.1) is 24.8 Å². The van der Waals surface area contributed by atoms with Crippen molar-refractivity contribution >= 4 is 30.7 Å². The van der Waals surface area contributed by atoms with Gasteiger partial charge in [-0.2, -0.15) is 0 Å². The molecule has 3 heterocycles. The van der Waals surface area contributed by atoms with Crippen LogP contribution in [-0.4, -0.2) is 74.2 Å². The molecule has 0 aromatic heterocycles. The predicted octanol–water partition coefficient (Wildman–Crippen LogP) is 1.15. The molecular formula is C15H29Cl2N3O2. The highest BCUT2D eigenvalue weighted by Gasteiger charge is 2.26. The average Bonchev–Trinajstić information content (AvgIpc) is 3.13. The molecule has 2 unspecified atom stereocenters. The third kappa shape index (κ3) is 5.53. The molecule has 130 valence electrons. The minimum Gasteiger partial charge on any atom is -0.381 e. The summed E-state index contributed by atoms with van der Waals surface area (Å²) in [6.07, 6.45) is 4.27. The van der Waals surface area contributed by atoms with Crippen molar-refractivity contribution in [3.63, 3.8) is 0 Å². The molecule has 0 spiro atoms. The summed E-state index contributed by atoms with van der Waals surface area (Å²) >= 11 is 0. The van der Waals surface area contributed by atoms with Crippen molar-refractivity contribution in [2.24, 2.45) is 5.92 Å². The number of hydrogen-bond acceptors (Lipinski definition) is 4. The van der Waals surface area contributed by atoms with Crippen LogP contribution in [0.4, 0.5) is 0 Å².